The number of fused-ring (bicyclic) bond motifs is 1. The predicted molar refractivity (Wildman–Crippen MR) is 74.2 cm³/mol. The van der Waals surface area contributed by atoms with E-state index in [2.05, 4.69) is 10.3 Å². The van der Waals surface area contributed by atoms with Gasteiger partial charge in [-0.15, -0.1) is 11.3 Å². The highest BCUT2D eigenvalue weighted by molar-refractivity contribution is 7.18. The fourth-order valence-electron chi connectivity index (χ4n) is 2.24. The van der Waals surface area contributed by atoms with E-state index in [1.807, 2.05) is 30.0 Å². The third-order valence-electron chi connectivity index (χ3n) is 3.14. The Morgan fingerprint density at radius 1 is 1.39 bits per heavy atom. The van der Waals surface area contributed by atoms with Gasteiger partial charge in [-0.2, -0.15) is 0 Å². The maximum Gasteiger partial charge on any atom is 0.321 e. The molecule has 0 spiro atoms. The van der Waals surface area contributed by atoms with Crippen LogP contribution in [0.3, 0.4) is 0 Å². The van der Waals surface area contributed by atoms with Crippen LogP contribution in [0.4, 0.5) is 10.5 Å². The van der Waals surface area contributed by atoms with Crippen LogP contribution in [0, 0.1) is 6.92 Å². The first kappa shape index (κ1) is 11.5. The molecule has 1 fully saturated rings. The van der Waals surface area contributed by atoms with E-state index < -0.39 is 0 Å². The van der Waals surface area contributed by atoms with E-state index in [9.17, 15) is 4.79 Å². The van der Waals surface area contributed by atoms with Crippen LogP contribution >= 0.6 is 11.3 Å². The molecule has 1 aliphatic heterocycles. The normalized spacial score (nSPS) is 15.3. The first-order valence-corrected chi connectivity index (χ1v) is 6.97. The van der Waals surface area contributed by atoms with Crippen LogP contribution in [-0.4, -0.2) is 29.0 Å². The minimum atomic E-state index is -0.00111. The maximum atomic E-state index is 12.0. The molecule has 1 aromatic heterocycles. The van der Waals surface area contributed by atoms with Crippen LogP contribution < -0.4 is 5.32 Å². The van der Waals surface area contributed by atoms with Crippen LogP contribution in [0.25, 0.3) is 10.2 Å². The van der Waals surface area contributed by atoms with Gasteiger partial charge < -0.3 is 10.2 Å². The number of benzene rings is 1. The molecule has 0 radical (unpaired) electrons. The van der Waals surface area contributed by atoms with E-state index in [4.69, 9.17) is 0 Å². The van der Waals surface area contributed by atoms with Crippen molar-refractivity contribution >= 4 is 33.3 Å². The molecule has 4 nitrogen and oxygen atoms in total. The lowest BCUT2D eigenvalue weighted by Gasteiger charge is -2.16. The number of nitrogens with zero attached hydrogens (tertiary/aromatic N) is 2. The summed E-state index contributed by atoms with van der Waals surface area (Å²) in [6.07, 6.45) is 2.22. The van der Waals surface area contributed by atoms with Gasteiger partial charge in [0.25, 0.3) is 0 Å². The minimum Gasteiger partial charge on any atom is -0.325 e. The van der Waals surface area contributed by atoms with Crippen LogP contribution in [0.5, 0.6) is 0 Å². The van der Waals surface area contributed by atoms with Crippen molar-refractivity contribution in [3.63, 3.8) is 0 Å². The molecular weight excluding hydrogens is 246 g/mol. The lowest BCUT2D eigenvalue weighted by atomic mass is 10.3. The monoisotopic (exact) mass is 261 g/mol. The molecule has 18 heavy (non-hydrogen) atoms. The number of rotatable bonds is 1. The van der Waals surface area contributed by atoms with Gasteiger partial charge >= 0.3 is 6.03 Å². The highest BCUT2D eigenvalue weighted by Crippen LogP contribution is 2.24. The molecule has 3 rings (SSSR count). The summed E-state index contributed by atoms with van der Waals surface area (Å²) in [5, 5.41) is 3.99. The lowest BCUT2D eigenvalue weighted by molar-refractivity contribution is 0.222. The first-order valence-electron chi connectivity index (χ1n) is 6.15. The molecule has 1 aliphatic rings. The van der Waals surface area contributed by atoms with Crippen molar-refractivity contribution in [2.45, 2.75) is 19.8 Å². The maximum absolute atomic E-state index is 12.0. The Kier molecular flexibility index (Phi) is 2.91. The average Bonchev–Trinajstić information content (AvgIpc) is 2.95. The zero-order valence-corrected chi connectivity index (χ0v) is 11.1. The summed E-state index contributed by atoms with van der Waals surface area (Å²) in [7, 11) is 0. The summed E-state index contributed by atoms with van der Waals surface area (Å²) in [5.74, 6) is 0. The Balaban J connectivity index is 1.79. The Labute approximate surface area is 110 Å². The van der Waals surface area contributed by atoms with E-state index in [-0.39, 0.29) is 6.03 Å². The summed E-state index contributed by atoms with van der Waals surface area (Å²) < 4.78 is 1.16. The van der Waals surface area contributed by atoms with Gasteiger partial charge in [0.15, 0.2) is 0 Å². The second-order valence-corrected chi connectivity index (χ2v) is 5.77. The molecule has 0 atom stereocenters. The smallest absolute Gasteiger partial charge is 0.321 e. The minimum absolute atomic E-state index is 0.00111. The number of urea groups is 1. The van der Waals surface area contributed by atoms with Crippen LogP contribution in [-0.2, 0) is 0 Å². The quantitative estimate of drug-likeness (QED) is 0.856. The summed E-state index contributed by atoms with van der Waals surface area (Å²) in [6, 6.07) is 5.89. The number of anilines is 1. The van der Waals surface area contributed by atoms with E-state index in [0.29, 0.717) is 0 Å². The molecule has 1 N–H and O–H groups in total. The van der Waals surface area contributed by atoms with Crippen LogP contribution in [0.15, 0.2) is 18.2 Å². The molecule has 5 heteroatoms. The number of hydrogen-bond donors (Lipinski definition) is 1. The topological polar surface area (TPSA) is 45.2 Å². The highest BCUT2D eigenvalue weighted by Gasteiger charge is 2.17. The van der Waals surface area contributed by atoms with Gasteiger partial charge in [0, 0.05) is 18.8 Å². The second-order valence-electron chi connectivity index (χ2n) is 4.54. The van der Waals surface area contributed by atoms with Crippen molar-refractivity contribution in [1.29, 1.82) is 0 Å². The number of aromatic nitrogens is 1. The van der Waals surface area contributed by atoms with Gasteiger partial charge in [0.2, 0.25) is 0 Å². The van der Waals surface area contributed by atoms with Gasteiger partial charge in [-0.05, 0) is 38.0 Å². The standard InChI is InChI=1S/C13H15N3OS/c1-9-14-11-8-10(4-5-12(11)18-9)15-13(17)16-6-2-3-7-16/h4-5,8H,2-3,6-7H2,1H3,(H,15,17). The van der Waals surface area contributed by atoms with E-state index in [1.54, 1.807) is 11.3 Å². The number of likely N-dealkylation sites (tertiary alicyclic amines) is 1. The van der Waals surface area contributed by atoms with Crippen molar-refractivity contribution in [3.8, 4) is 0 Å². The number of hydrogen-bond acceptors (Lipinski definition) is 3. The Morgan fingerprint density at radius 2 is 2.17 bits per heavy atom. The molecule has 0 saturated carbocycles. The third-order valence-corrected chi connectivity index (χ3v) is 4.09. The van der Waals surface area contributed by atoms with E-state index in [1.165, 1.54) is 0 Å². The number of carbonyl (C=O) groups excluding carboxylic acids is 1. The average molecular weight is 261 g/mol. The molecule has 2 aromatic rings. The first-order chi connectivity index (χ1) is 8.72. The van der Waals surface area contributed by atoms with Crippen LogP contribution in [0.2, 0.25) is 0 Å². The van der Waals surface area contributed by atoms with Gasteiger partial charge in [0.1, 0.15) is 0 Å². The number of carbonyl (C=O) groups is 1. The van der Waals surface area contributed by atoms with E-state index in [0.717, 1.165) is 46.8 Å². The van der Waals surface area contributed by atoms with Gasteiger partial charge in [0.05, 0.1) is 15.2 Å². The molecule has 1 aromatic carbocycles. The summed E-state index contributed by atoms with van der Waals surface area (Å²) in [6.45, 7) is 3.72. The predicted octanol–water partition coefficient (Wildman–Crippen LogP) is 3.23. The Hall–Kier alpha value is -1.62. The van der Waals surface area contributed by atoms with Crippen LogP contribution in [0.1, 0.15) is 17.8 Å². The zero-order valence-electron chi connectivity index (χ0n) is 10.3. The Bertz CT molecular complexity index is 587. The van der Waals surface area contributed by atoms with Gasteiger partial charge in [-0.1, -0.05) is 0 Å². The number of nitrogens with one attached hydrogen (secondary N) is 1. The second kappa shape index (κ2) is 4.57. The number of thiazole rings is 1. The van der Waals surface area contributed by atoms with Gasteiger partial charge in [-0.3, -0.25) is 0 Å². The van der Waals surface area contributed by atoms with Crippen molar-refractivity contribution in [3.05, 3.63) is 23.2 Å². The molecule has 94 valence electrons. The van der Waals surface area contributed by atoms with Crippen molar-refractivity contribution < 1.29 is 4.79 Å². The SMILES string of the molecule is Cc1nc2cc(NC(=O)N3CCCC3)ccc2s1. The molecule has 2 heterocycles. The largest absolute Gasteiger partial charge is 0.325 e. The number of amides is 2. The lowest BCUT2D eigenvalue weighted by Crippen LogP contribution is -2.32. The van der Waals surface area contributed by atoms with Crippen molar-refractivity contribution in [2.75, 3.05) is 18.4 Å². The van der Waals surface area contributed by atoms with E-state index >= 15 is 0 Å². The Morgan fingerprint density at radius 3 is 2.94 bits per heavy atom. The summed E-state index contributed by atoms with van der Waals surface area (Å²) in [5.41, 5.74) is 1.78. The summed E-state index contributed by atoms with van der Waals surface area (Å²) >= 11 is 1.67. The molecule has 0 aliphatic carbocycles. The van der Waals surface area contributed by atoms with Crippen molar-refractivity contribution in [1.82, 2.24) is 9.88 Å². The van der Waals surface area contributed by atoms with Gasteiger partial charge in [-0.25, -0.2) is 9.78 Å². The fraction of sp³-hybridized carbons (Fsp3) is 0.385. The molecule has 0 bridgehead atoms. The molecule has 1 saturated heterocycles. The highest BCUT2D eigenvalue weighted by atomic mass is 32.1. The number of aryl methyl sites for hydroxylation is 1. The molecular formula is C13H15N3OS. The van der Waals surface area contributed by atoms with Crippen molar-refractivity contribution in [2.24, 2.45) is 0 Å². The summed E-state index contributed by atoms with van der Waals surface area (Å²) in [4.78, 5) is 18.2. The fourth-order valence-corrected chi connectivity index (χ4v) is 3.05. The molecule has 2 amide bonds. The third kappa shape index (κ3) is 2.18. The molecule has 0 unspecified atom stereocenters. The zero-order chi connectivity index (χ0) is 12.5.